The second kappa shape index (κ2) is 9.44. The molecule has 1 heterocycles. The highest BCUT2D eigenvalue weighted by atomic mass is 28.4. The molecule has 0 aromatic rings. The third kappa shape index (κ3) is 6.96. The van der Waals surface area contributed by atoms with Crippen LogP contribution in [0.25, 0.3) is 0 Å². The molecule has 0 fully saturated rings. The first-order valence-corrected chi connectivity index (χ1v) is 20.7. The molecule has 1 N–H and O–H groups in total. The molecule has 0 saturated heterocycles. The summed E-state index contributed by atoms with van der Waals surface area (Å²) in [6.07, 6.45) is -1.39. The predicted molar refractivity (Wildman–Crippen MR) is 143 cm³/mol. The summed E-state index contributed by atoms with van der Waals surface area (Å²) in [5.74, 6) is -1.00. The van der Waals surface area contributed by atoms with Crippen LogP contribution < -0.4 is 0 Å². The number of carbonyl (C=O) groups excluding carboxylic acids is 1. The molecule has 194 valence electrons. The van der Waals surface area contributed by atoms with Gasteiger partial charge in [0.1, 0.15) is 6.10 Å². The number of aliphatic hydroxyl groups excluding tert-OH is 1. The van der Waals surface area contributed by atoms with Gasteiger partial charge in [-0.2, -0.15) is 0 Å². The first kappa shape index (κ1) is 30.4. The van der Waals surface area contributed by atoms with Crippen molar-refractivity contribution in [3.8, 4) is 0 Å². The van der Waals surface area contributed by atoms with Gasteiger partial charge in [0.25, 0.3) is 0 Å². The number of hydrogen-bond acceptors (Lipinski definition) is 6. The van der Waals surface area contributed by atoms with E-state index in [1.165, 1.54) is 0 Å². The lowest BCUT2D eigenvalue weighted by Gasteiger charge is -2.43. The molecule has 1 rings (SSSR count). The van der Waals surface area contributed by atoms with Crippen LogP contribution in [0.2, 0.25) is 54.4 Å². The first-order chi connectivity index (χ1) is 14.3. The first-order valence-electron chi connectivity index (χ1n) is 12.0. The van der Waals surface area contributed by atoms with Crippen molar-refractivity contribution in [2.24, 2.45) is 0 Å². The Morgan fingerprint density at radius 1 is 0.818 bits per heavy atom. The van der Waals surface area contributed by atoms with Crippen LogP contribution in [0.5, 0.6) is 0 Å². The van der Waals surface area contributed by atoms with Gasteiger partial charge in [0.2, 0.25) is 14.1 Å². The summed E-state index contributed by atoms with van der Waals surface area (Å²) < 4.78 is 25.4. The minimum atomic E-state index is -2.34. The fourth-order valence-electron chi connectivity index (χ4n) is 2.48. The van der Waals surface area contributed by atoms with E-state index in [4.69, 9.17) is 18.0 Å². The van der Waals surface area contributed by atoms with Gasteiger partial charge in [0.05, 0.1) is 6.61 Å². The molecule has 0 aliphatic carbocycles. The highest BCUT2D eigenvalue weighted by molar-refractivity contribution is 6.75. The lowest BCUT2D eigenvalue weighted by atomic mass is 10.2. The Hall–Kier alpha value is -0.619. The number of aliphatic hydroxyl groups is 1. The summed E-state index contributed by atoms with van der Waals surface area (Å²) in [6.45, 7) is 32.6. The zero-order valence-corrected chi connectivity index (χ0v) is 26.9. The monoisotopic (exact) mass is 518 g/mol. The Morgan fingerprint density at radius 3 is 1.64 bits per heavy atom. The zero-order valence-electron chi connectivity index (χ0n) is 23.9. The Bertz CT molecular complexity index is 752. The topological polar surface area (TPSA) is 74.2 Å². The number of esters is 1. The molecule has 0 radical (unpaired) electrons. The SMILES string of the molecule is CC(C)(C)[Si](C)(C)OC[C@H](O[Si](C)(C)C(C)(C)C)[C@H]1OC(=O)C(O)=C1O[Si](C)(C)C(C)(C)C. The minimum Gasteiger partial charge on any atom is -0.541 e. The molecule has 0 aromatic heterocycles. The molecule has 0 aromatic carbocycles. The van der Waals surface area contributed by atoms with Crippen LogP contribution in [0.3, 0.4) is 0 Å². The van der Waals surface area contributed by atoms with Gasteiger partial charge >= 0.3 is 5.97 Å². The second-order valence-corrected chi connectivity index (χ2v) is 28.2. The van der Waals surface area contributed by atoms with Crippen LogP contribution in [0.1, 0.15) is 62.3 Å². The zero-order chi connectivity index (χ0) is 26.4. The molecular weight excluding hydrogens is 469 g/mol. The largest absolute Gasteiger partial charge is 0.541 e. The Balaban J connectivity index is 3.42. The van der Waals surface area contributed by atoms with Gasteiger partial charge in [-0.1, -0.05) is 62.3 Å². The maximum atomic E-state index is 12.5. The summed E-state index contributed by atoms with van der Waals surface area (Å²) in [6, 6.07) is 0. The van der Waals surface area contributed by atoms with Crippen LogP contribution in [0.15, 0.2) is 11.5 Å². The number of carbonyl (C=O) groups is 1. The van der Waals surface area contributed by atoms with Gasteiger partial charge in [0, 0.05) is 0 Å². The predicted octanol–water partition coefficient (Wildman–Crippen LogP) is 7.12. The fourth-order valence-corrected chi connectivity index (χ4v) is 5.87. The van der Waals surface area contributed by atoms with Gasteiger partial charge < -0.3 is 23.1 Å². The quantitative estimate of drug-likeness (QED) is 0.272. The highest BCUT2D eigenvalue weighted by Gasteiger charge is 2.51. The standard InChI is InChI=1S/C24H50O6Si3/c1-22(2,3)31(10,11)27-16-17(29-32(12,13)23(4,5)6)19-20(18(25)21(26)28-19)30-33(14,15)24(7,8)9/h17,19,25H,16H2,1-15H3/t17-,19+/m0/s1. The molecule has 6 nitrogen and oxygen atoms in total. The Kier molecular flexibility index (Phi) is 8.70. The molecule has 0 bridgehead atoms. The second-order valence-electron chi connectivity index (χ2n) is 13.9. The van der Waals surface area contributed by atoms with E-state index in [9.17, 15) is 9.90 Å². The lowest BCUT2D eigenvalue weighted by molar-refractivity contribution is -0.147. The summed E-state index contributed by atoms with van der Waals surface area (Å²) in [4.78, 5) is 12.5. The summed E-state index contributed by atoms with van der Waals surface area (Å²) in [5.41, 5.74) is 0. The molecule has 1 aliphatic heterocycles. The van der Waals surface area contributed by atoms with E-state index in [1.54, 1.807) is 0 Å². The van der Waals surface area contributed by atoms with Crippen molar-refractivity contribution in [2.75, 3.05) is 6.61 Å². The fraction of sp³-hybridized carbons (Fsp3) is 0.875. The third-order valence-corrected chi connectivity index (χ3v) is 21.4. The van der Waals surface area contributed by atoms with Crippen LogP contribution in [-0.2, 0) is 22.8 Å². The van der Waals surface area contributed by atoms with E-state index in [0.717, 1.165) is 0 Å². The molecule has 1 aliphatic rings. The van der Waals surface area contributed by atoms with Gasteiger partial charge in [-0.25, -0.2) is 4.79 Å². The van der Waals surface area contributed by atoms with Gasteiger partial charge in [-0.15, -0.1) is 0 Å². The summed E-state index contributed by atoms with van der Waals surface area (Å²) >= 11 is 0. The van der Waals surface area contributed by atoms with E-state index < -0.39 is 48.9 Å². The van der Waals surface area contributed by atoms with E-state index in [-0.39, 0.29) is 27.5 Å². The van der Waals surface area contributed by atoms with Crippen LogP contribution in [0.4, 0.5) is 0 Å². The molecule has 0 saturated carbocycles. The van der Waals surface area contributed by atoms with Crippen LogP contribution >= 0.6 is 0 Å². The molecule has 0 spiro atoms. The summed E-state index contributed by atoms with van der Waals surface area (Å²) in [5, 5.41) is 10.5. The number of cyclic esters (lactones) is 1. The third-order valence-electron chi connectivity index (χ3n) is 8.09. The average molecular weight is 519 g/mol. The smallest absolute Gasteiger partial charge is 0.377 e. The number of hydrogen-bond donors (Lipinski definition) is 1. The van der Waals surface area contributed by atoms with Crippen molar-refractivity contribution in [3.05, 3.63) is 11.5 Å². The average Bonchev–Trinajstić information content (AvgIpc) is 2.83. The Labute approximate surface area is 205 Å². The van der Waals surface area contributed by atoms with Crippen molar-refractivity contribution in [2.45, 2.75) is 129 Å². The van der Waals surface area contributed by atoms with Crippen molar-refractivity contribution in [1.29, 1.82) is 0 Å². The molecule has 2 atom stereocenters. The van der Waals surface area contributed by atoms with Crippen molar-refractivity contribution in [1.82, 2.24) is 0 Å². The number of ether oxygens (including phenoxy) is 1. The number of rotatable bonds is 8. The van der Waals surface area contributed by atoms with Crippen molar-refractivity contribution >= 4 is 30.9 Å². The highest BCUT2D eigenvalue weighted by Crippen LogP contribution is 2.43. The van der Waals surface area contributed by atoms with E-state index in [0.29, 0.717) is 0 Å². The van der Waals surface area contributed by atoms with Crippen molar-refractivity contribution < 1.29 is 27.9 Å². The molecular formula is C24H50O6Si3. The molecule has 9 heteroatoms. The van der Waals surface area contributed by atoms with Gasteiger partial charge in [0.15, 0.2) is 28.5 Å². The van der Waals surface area contributed by atoms with Gasteiger partial charge in [-0.05, 0) is 54.4 Å². The van der Waals surface area contributed by atoms with Crippen molar-refractivity contribution in [3.63, 3.8) is 0 Å². The van der Waals surface area contributed by atoms with Crippen LogP contribution in [-0.4, -0.2) is 54.8 Å². The maximum Gasteiger partial charge on any atom is 0.377 e. The van der Waals surface area contributed by atoms with E-state index >= 15 is 0 Å². The molecule has 33 heavy (non-hydrogen) atoms. The van der Waals surface area contributed by atoms with Crippen LogP contribution in [0, 0.1) is 0 Å². The maximum absolute atomic E-state index is 12.5. The van der Waals surface area contributed by atoms with Gasteiger partial charge in [-0.3, -0.25) is 0 Å². The minimum absolute atomic E-state index is 0.0271. The molecule has 0 amide bonds. The van der Waals surface area contributed by atoms with E-state index in [1.807, 2.05) is 0 Å². The van der Waals surface area contributed by atoms with E-state index in [2.05, 4.69) is 102 Å². The normalized spacial score (nSPS) is 20.2. The Morgan fingerprint density at radius 2 is 1.24 bits per heavy atom. The lowest BCUT2D eigenvalue weighted by Crippen LogP contribution is -2.52. The summed E-state index contributed by atoms with van der Waals surface area (Å²) in [7, 11) is -6.68. The molecule has 0 unspecified atom stereocenters.